The lowest BCUT2D eigenvalue weighted by Gasteiger charge is -2.36. The Balaban J connectivity index is 2.32. The minimum absolute atomic E-state index is 0.0601. The molecule has 0 saturated carbocycles. The van der Waals surface area contributed by atoms with Crippen molar-refractivity contribution >= 4 is 11.5 Å². The summed E-state index contributed by atoms with van der Waals surface area (Å²) in [6.45, 7) is 0.768. The zero-order chi connectivity index (χ0) is 14.6. The fourth-order valence-corrected chi connectivity index (χ4v) is 2.09. The van der Waals surface area contributed by atoms with Gasteiger partial charge in [0.2, 0.25) is 5.82 Å². The van der Waals surface area contributed by atoms with Crippen LogP contribution in [0.4, 0.5) is 11.5 Å². The Kier molecular flexibility index (Phi) is 4.12. The second kappa shape index (κ2) is 5.81. The molecule has 0 aromatic carbocycles. The van der Waals surface area contributed by atoms with E-state index in [-0.39, 0.29) is 23.7 Å². The predicted molar refractivity (Wildman–Crippen MR) is 69.1 cm³/mol. The zero-order valence-electron chi connectivity index (χ0n) is 10.7. The van der Waals surface area contributed by atoms with E-state index in [2.05, 4.69) is 10.3 Å². The van der Waals surface area contributed by atoms with Crippen LogP contribution in [0.3, 0.4) is 0 Å². The fraction of sp³-hybridized carbons (Fsp3) is 0.500. The van der Waals surface area contributed by atoms with E-state index in [1.807, 2.05) is 6.07 Å². The van der Waals surface area contributed by atoms with E-state index in [1.165, 1.54) is 12.3 Å². The molecule has 0 spiro atoms. The molecule has 1 saturated heterocycles. The largest absolute Gasteiger partial charge is 0.394 e. The average molecular weight is 278 g/mol. The number of hydrogen-bond acceptors (Lipinski definition) is 7. The highest BCUT2D eigenvalue weighted by molar-refractivity contribution is 5.59. The molecule has 20 heavy (non-hydrogen) atoms. The van der Waals surface area contributed by atoms with Crippen molar-refractivity contribution in [1.82, 2.24) is 4.98 Å². The minimum Gasteiger partial charge on any atom is -0.394 e. The summed E-state index contributed by atoms with van der Waals surface area (Å²) in [4.78, 5) is 14.4. The van der Waals surface area contributed by atoms with Gasteiger partial charge in [0.05, 0.1) is 22.6 Å². The minimum atomic E-state index is -0.676. The number of aromatic nitrogens is 1. The van der Waals surface area contributed by atoms with Crippen LogP contribution in [0.2, 0.25) is 0 Å². The maximum absolute atomic E-state index is 11.1. The molecule has 2 heterocycles. The van der Waals surface area contributed by atoms with Crippen molar-refractivity contribution in [3.05, 3.63) is 27.9 Å². The molecule has 0 bridgehead atoms. The van der Waals surface area contributed by atoms with Gasteiger partial charge in [0.1, 0.15) is 6.07 Å². The quantitative estimate of drug-likeness (QED) is 0.617. The molecule has 0 aliphatic carbocycles. The number of nitro groups is 1. The van der Waals surface area contributed by atoms with Crippen LogP contribution < -0.4 is 5.32 Å². The first-order chi connectivity index (χ1) is 9.60. The van der Waals surface area contributed by atoms with Crippen LogP contribution in [0.5, 0.6) is 0 Å². The standard InChI is InChI=1S/C12H14N4O4/c13-6-9-5-10(16(18)19)11(14-7-9)15-12(8-17)1-3-20-4-2-12/h5,7,17H,1-4,8H2,(H,14,15). The van der Waals surface area contributed by atoms with Crippen LogP contribution >= 0.6 is 0 Å². The molecule has 2 rings (SSSR count). The number of anilines is 1. The van der Waals surface area contributed by atoms with Crippen LogP contribution in [0.15, 0.2) is 12.3 Å². The van der Waals surface area contributed by atoms with E-state index in [1.54, 1.807) is 0 Å². The van der Waals surface area contributed by atoms with E-state index in [0.29, 0.717) is 26.1 Å². The van der Waals surface area contributed by atoms with E-state index in [0.717, 1.165) is 0 Å². The topological polar surface area (TPSA) is 121 Å². The molecule has 0 amide bonds. The molecule has 106 valence electrons. The van der Waals surface area contributed by atoms with Crippen LogP contribution in [-0.2, 0) is 4.74 Å². The third-order valence-electron chi connectivity index (χ3n) is 3.33. The SMILES string of the molecule is N#Cc1cnc(NC2(CO)CCOCC2)c([N+](=O)[O-])c1. The molecule has 1 aliphatic rings. The van der Waals surface area contributed by atoms with E-state index < -0.39 is 10.5 Å². The number of hydrogen-bond donors (Lipinski definition) is 2. The number of rotatable bonds is 4. The summed E-state index contributed by atoms with van der Waals surface area (Å²) in [7, 11) is 0. The van der Waals surface area contributed by atoms with Gasteiger partial charge in [0.15, 0.2) is 0 Å². The Labute approximate surface area is 115 Å². The summed E-state index contributed by atoms with van der Waals surface area (Å²) in [6.07, 6.45) is 2.32. The molecular weight excluding hydrogens is 264 g/mol. The summed E-state index contributed by atoms with van der Waals surface area (Å²) in [5.74, 6) is 0.0601. The van der Waals surface area contributed by atoms with Gasteiger partial charge in [-0.1, -0.05) is 0 Å². The van der Waals surface area contributed by atoms with Gasteiger partial charge in [-0.2, -0.15) is 5.26 Å². The number of nitriles is 1. The van der Waals surface area contributed by atoms with Crippen LogP contribution in [-0.4, -0.2) is 40.4 Å². The zero-order valence-corrected chi connectivity index (χ0v) is 10.7. The molecule has 1 aromatic rings. The molecule has 1 aliphatic heterocycles. The number of nitrogens with zero attached hydrogens (tertiary/aromatic N) is 3. The molecule has 1 fully saturated rings. The first kappa shape index (κ1) is 14.2. The Hall–Kier alpha value is -2.24. The number of aliphatic hydroxyl groups excluding tert-OH is 1. The molecule has 2 N–H and O–H groups in total. The normalized spacial score (nSPS) is 17.2. The first-order valence-electron chi connectivity index (χ1n) is 6.11. The molecule has 8 nitrogen and oxygen atoms in total. The van der Waals surface area contributed by atoms with Crippen molar-refractivity contribution in [1.29, 1.82) is 5.26 Å². The summed E-state index contributed by atoms with van der Waals surface area (Å²) in [5, 5.41) is 32.3. The monoisotopic (exact) mass is 278 g/mol. The number of pyridine rings is 1. The van der Waals surface area contributed by atoms with Crippen LogP contribution in [0, 0.1) is 21.4 Å². The molecular formula is C12H14N4O4. The summed E-state index contributed by atoms with van der Waals surface area (Å²) >= 11 is 0. The maximum atomic E-state index is 11.1. The lowest BCUT2D eigenvalue weighted by Crippen LogP contribution is -2.47. The highest BCUT2D eigenvalue weighted by atomic mass is 16.6. The van der Waals surface area contributed by atoms with Gasteiger partial charge in [-0.15, -0.1) is 0 Å². The number of aliphatic hydroxyl groups is 1. The van der Waals surface area contributed by atoms with Crippen molar-refractivity contribution in [3.63, 3.8) is 0 Å². The maximum Gasteiger partial charge on any atom is 0.312 e. The van der Waals surface area contributed by atoms with Gasteiger partial charge < -0.3 is 15.2 Å². The summed E-state index contributed by atoms with van der Waals surface area (Å²) in [5.41, 5.74) is -0.833. The number of nitrogens with one attached hydrogen (secondary N) is 1. The van der Waals surface area contributed by atoms with E-state index in [9.17, 15) is 15.2 Å². The van der Waals surface area contributed by atoms with E-state index >= 15 is 0 Å². The molecule has 0 unspecified atom stereocenters. The van der Waals surface area contributed by atoms with Gasteiger partial charge in [-0.3, -0.25) is 10.1 Å². The van der Waals surface area contributed by atoms with Gasteiger partial charge >= 0.3 is 5.69 Å². The van der Waals surface area contributed by atoms with Gasteiger partial charge in [0.25, 0.3) is 0 Å². The van der Waals surface area contributed by atoms with Gasteiger partial charge in [0, 0.05) is 25.5 Å². The lowest BCUT2D eigenvalue weighted by atomic mass is 9.91. The van der Waals surface area contributed by atoms with Gasteiger partial charge in [-0.05, 0) is 12.8 Å². The second-order valence-electron chi connectivity index (χ2n) is 4.64. The predicted octanol–water partition coefficient (Wildman–Crippen LogP) is 0.815. The van der Waals surface area contributed by atoms with E-state index in [4.69, 9.17) is 10.00 Å². The summed E-state index contributed by atoms with van der Waals surface area (Å²) < 4.78 is 5.23. The highest BCUT2D eigenvalue weighted by Gasteiger charge is 2.34. The smallest absolute Gasteiger partial charge is 0.312 e. The Morgan fingerprint density at radius 3 is 2.85 bits per heavy atom. The molecule has 0 atom stereocenters. The van der Waals surface area contributed by atoms with Crippen molar-refractivity contribution in [2.45, 2.75) is 18.4 Å². The Morgan fingerprint density at radius 1 is 1.60 bits per heavy atom. The van der Waals surface area contributed by atoms with Gasteiger partial charge in [-0.25, -0.2) is 4.98 Å². The number of ether oxygens (including phenoxy) is 1. The third kappa shape index (κ3) is 2.84. The summed E-state index contributed by atoms with van der Waals surface area (Å²) in [6, 6.07) is 2.98. The molecule has 1 aromatic heterocycles. The van der Waals surface area contributed by atoms with Crippen molar-refractivity contribution in [2.75, 3.05) is 25.1 Å². The van der Waals surface area contributed by atoms with Crippen LogP contribution in [0.1, 0.15) is 18.4 Å². The van der Waals surface area contributed by atoms with Crippen molar-refractivity contribution in [3.8, 4) is 6.07 Å². The van der Waals surface area contributed by atoms with Crippen molar-refractivity contribution in [2.24, 2.45) is 0 Å². The average Bonchev–Trinajstić information content (AvgIpc) is 2.48. The fourth-order valence-electron chi connectivity index (χ4n) is 2.09. The highest BCUT2D eigenvalue weighted by Crippen LogP contribution is 2.30. The lowest BCUT2D eigenvalue weighted by molar-refractivity contribution is -0.384. The first-order valence-corrected chi connectivity index (χ1v) is 6.11. The third-order valence-corrected chi connectivity index (χ3v) is 3.33. The molecule has 8 heteroatoms. The van der Waals surface area contributed by atoms with Crippen molar-refractivity contribution < 1.29 is 14.8 Å². The Morgan fingerprint density at radius 2 is 2.30 bits per heavy atom. The second-order valence-corrected chi connectivity index (χ2v) is 4.64. The molecule has 0 radical (unpaired) electrons. The Bertz CT molecular complexity index is 549. The van der Waals surface area contributed by atoms with Crippen LogP contribution in [0.25, 0.3) is 0 Å².